The van der Waals surface area contributed by atoms with Crippen LogP contribution in [0.2, 0.25) is 0 Å². The summed E-state index contributed by atoms with van der Waals surface area (Å²) in [6, 6.07) is 9.58. The van der Waals surface area contributed by atoms with E-state index in [2.05, 4.69) is 10.1 Å². The van der Waals surface area contributed by atoms with Crippen LogP contribution in [0.4, 0.5) is 5.69 Å². The molecule has 0 saturated heterocycles. The van der Waals surface area contributed by atoms with E-state index in [0.29, 0.717) is 34.2 Å². The maximum absolute atomic E-state index is 12.2. The van der Waals surface area contributed by atoms with Gasteiger partial charge in [0, 0.05) is 17.8 Å². The van der Waals surface area contributed by atoms with Crippen LogP contribution >= 0.6 is 0 Å². The van der Waals surface area contributed by atoms with E-state index in [-0.39, 0.29) is 6.61 Å². The molecule has 2 rings (SSSR count). The van der Waals surface area contributed by atoms with Crippen molar-refractivity contribution >= 4 is 17.6 Å². The van der Waals surface area contributed by atoms with Gasteiger partial charge in [-0.25, -0.2) is 4.79 Å². The van der Waals surface area contributed by atoms with Crippen LogP contribution in [0.1, 0.15) is 10.4 Å². The third-order valence-corrected chi connectivity index (χ3v) is 3.57. The van der Waals surface area contributed by atoms with Gasteiger partial charge in [-0.15, -0.1) is 0 Å². The summed E-state index contributed by atoms with van der Waals surface area (Å²) in [5.41, 5.74) is 0.793. The first-order valence-electron chi connectivity index (χ1n) is 7.93. The summed E-state index contributed by atoms with van der Waals surface area (Å²) in [6.45, 7) is -0.249. The van der Waals surface area contributed by atoms with E-state index in [9.17, 15) is 9.59 Å². The molecule has 2 aromatic carbocycles. The molecule has 2 aromatic rings. The Bertz CT molecular complexity index is 794. The van der Waals surface area contributed by atoms with Gasteiger partial charge in [-0.05, 0) is 18.2 Å². The fourth-order valence-electron chi connectivity index (χ4n) is 2.33. The lowest BCUT2D eigenvalue weighted by Crippen LogP contribution is -2.20. The van der Waals surface area contributed by atoms with Crippen molar-refractivity contribution in [2.45, 2.75) is 0 Å². The first-order valence-corrected chi connectivity index (χ1v) is 7.93. The minimum atomic E-state index is -0.484. The summed E-state index contributed by atoms with van der Waals surface area (Å²) in [5.74, 6) is 0.750. The van der Waals surface area contributed by atoms with Gasteiger partial charge in [0.25, 0.3) is 5.91 Å². The number of amides is 1. The average molecular weight is 375 g/mol. The molecule has 0 unspecified atom stereocenters. The molecule has 0 radical (unpaired) electrons. The SMILES string of the molecule is COC(=O)c1cccc(OCC(=O)Nc2cc(OC)c(OC)c(OC)c2)c1. The molecule has 8 heteroatoms. The van der Waals surface area contributed by atoms with Crippen LogP contribution in [-0.2, 0) is 9.53 Å². The molecule has 0 aliphatic heterocycles. The Hall–Kier alpha value is -3.42. The minimum Gasteiger partial charge on any atom is -0.493 e. The number of ether oxygens (including phenoxy) is 5. The van der Waals surface area contributed by atoms with E-state index in [1.807, 2.05) is 0 Å². The Morgan fingerprint density at radius 3 is 2.15 bits per heavy atom. The van der Waals surface area contributed by atoms with Crippen molar-refractivity contribution in [2.75, 3.05) is 40.4 Å². The zero-order chi connectivity index (χ0) is 19.8. The van der Waals surface area contributed by atoms with Gasteiger partial charge in [-0.2, -0.15) is 0 Å². The van der Waals surface area contributed by atoms with Gasteiger partial charge in [0.05, 0.1) is 34.0 Å². The molecular weight excluding hydrogens is 354 g/mol. The average Bonchev–Trinajstić information content (AvgIpc) is 2.70. The molecule has 0 fully saturated rings. The zero-order valence-electron chi connectivity index (χ0n) is 15.5. The smallest absolute Gasteiger partial charge is 0.337 e. The Morgan fingerprint density at radius 2 is 1.59 bits per heavy atom. The van der Waals surface area contributed by atoms with E-state index in [0.717, 1.165) is 0 Å². The highest BCUT2D eigenvalue weighted by Gasteiger charge is 2.15. The van der Waals surface area contributed by atoms with E-state index in [4.69, 9.17) is 18.9 Å². The van der Waals surface area contributed by atoms with Crippen LogP contribution in [0, 0.1) is 0 Å². The van der Waals surface area contributed by atoms with Gasteiger partial charge in [0.15, 0.2) is 18.1 Å². The number of anilines is 1. The first-order chi connectivity index (χ1) is 13.0. The second-order valence-electron chi connectivity index (χ2n) is 5.27. The lowest BCUT2D eigenvalue weighted by atomic mass is 10.2. The molecule has 1 N–H and O–H groups in total. The summed E-state index contributed by atoms with van der Waals surface area (Å²) in [4.78, 5) is 23.7. The third kappa shape index (κ3) is 5.04. The van der Waals surface area contributed by atoms with Crippen LogP contribution in [0.3, 0.4) is 0 Å². The fraction of sp³-hybridized carbons (Fsp3) is 0.263. The van der Waals surface area contributed by atoms with Crippen LogP contribution < -0.4 is 24.3 Å². The molecule has 1 amide bonds. The number of benzene rings is 2. The van der Waals surface area contributed by atoms with Gasteiger partial charge in [-0.3, -0.25) is 4.79 Å². The Kier molecular flexibility index (Phi) is 6.87. The van der Waals surface area contributed by atoms with Gasteiger partial charge in [-0.1, -0.05) is 6.07 Å². The van der Waals surface area contributed by atoms with Gasteiger partial charge in [0.1, 0.15) is 5.75 Å². The highest BCUT2D eigenvalue weighted by Crippen LogP contribution is 2.39. The fourth-order valence-corrected chi connectivity index (χ4v) is 2.33. The van der Waals surface area contributed by atoms with Crippen LogP contribution in [0.15, 0.2) is 36.4 Å². The van der Waals surface area contributed by atoms with Crippen molar-refractivity contribution < 1.29 is 33.3 Å². The van der Waals surface area contributed by atoms with Crippen molar-refractivity contribution in [2.24, 2.45) is 0 Å². The van der Waals surface area contributed by atoms with Crippen molar-refractivity contribution in [3.05, 3.63) is 42.0 Å². The number of carbonyl (C=O) groups excluding carboxylic acids is 2. The normalized spacial score (nSPS) is 9.93. The molecule has 0 spiro atoms. The standard InChI is InChI=1S/C19H21NO7/c1-23-15-9-13(10-16(24-2)18(15)25-3)20-17(21)11-27-14-7-5-6-12(8-14)19(22)26-4/h5-10H,11H2,1-4H3,(H,20,21). The van der Waals surface area contributed by atoms with Crippen LogP contribution in [0.25, 0.3) is 0 Å². The summed E-state index contributed by atoms with van der Waals surface area (Å²) in [5, 5.41) is 2.69. The summed E-state index contributed by atoms with van der Waals surface area (Å²) in [6.07, 6.45) is 0. The predicted octanol–water partition coefficient (Wildman–Crippen LogP) is 2.52. The molecule has 0 aliphatic rings. The quantitative estimate of drug-likeness (QED) is 0.709. The number of rotatable bonds is 8. The Morgan fingerprint density at radius 1 is 0.926 bits per heavy atom. The number of nitrogens with one attached hydrogen (secondary N) is 1. The number of esters is 1. The molecule has 0 aromatic heterocycles. The van der Waals surface area contributed by atoms with Gasteiger partial charge in [0.2, 0.25) is 5.75 Å². The molecule has 144 valence electrons. The third-order valence-electron chi connectivity index (χ3n) is 3.57. The molecule has 0 saturated carbocycles. The van der Waals surface area contributed by atoms with E-state index < -0.39 is 11.9 Å². The minimum absolute atomic E-state index is 0.249. The van der Waals surface area contributed by atoms with Crippen molar-refractivity contribution in [1.82, 2.24) is 0 Å². The summed E-state index contributed by atoms with van der Waals surface area (Å²) < 4.78 is 25.8. The second-order valence-corrected chi connectivity index (χ2v) is 5.27. The summed E-state index contributed by atoms with van der Waals surface area (Å²) in [7, 11) is 5.76. The molecule has 0 aliphatic carbocycles. The Balaban J connectivity index is 2.05. The number of methoxy groups -OCH3 is 4. The van der Waals surface area contributed by atoms with Gasteiger partial charge < -0.3 is 29.0 Å². The molecule has 0 bridgehead atoms. The lowest BCUT2D eigenvalue weighted by molar-refractivity contribution is -0.118. The lowest BCUT2D eigenvalue weighted by Gasteiger charge is -2.14. The van der Waals surface area contributed by atoms with E-state index >= 15 is 0 Å². The highest BCUT2D eigenvalue weighted by molar-refractivity contribution is 5.93. The van der Waals surface area contributed by atoms with E-state index in [1.54, 1.807) is 30.3 Å². The summed E-state index contributed by atoms with van der Waals surface area (Å²) >= 11 is 0. The molecule has 0 heterocycles. The highest BCUT2D eigenvalue weighted by atomic mass is 16.5. The van der Waals surface area contributed by atoms with Crippen molar-refractivity contribution in [3.8, 4) is 23.0 Å². The maximum Gasteiger partial charge on any atom is 0.337 e. The van der Waals surface area contributed by atoms with E-state index in [1.165, 1.54) is 34.5 Å². The number of hydrogen-bond acceptors (Lipinski definition) is 7. The molecule has 0 atom stereocenters. The monoisotopic (exact) mass is 375 g/mol. The topological polar surface area (TPSA) is 92.3 Å². The zero-order valence-corrected chi connectivity index (χ0v) is 15.5. The van der Waals surface area contributed by atoms with Crippen LogP contribution in [0.5, 0.6) is 23.0 Å². The molecular formula is C19H21NO7. The largest absolute Gasteiger partial charge is 0.493 e. The number of carbonyl (C=O) groups is 2. The first kappa shape index (κ1) is 19.9. The number of hydrogen-bond donors (Lipinski definition) is 1. The second kappa shape index (κ2) is 9.33. The Labute approximate surface area is 156 Å². The molecule has 8 nitrogen and oxygen atoms in total. The van der Waals surface area contributed by atoms with Gasteiger partial charge >= 0.3 is 5.97 Å². The van der Waals surface area contributed by atoms with Crippen molar-refractivity contribution in [1.29, 1.82) is 0 Å². The predicted molar refractivity (Wildman–Crippen MR) is 98.0 cm³/mol. The van der Waals surface area contributed by atoms with Crippen LogP contribution in [-0.4, -0.2) is 46.9 Å². The maximum atomic E-state index is 12.2. The molecule has 27 heavy (non-hydrogen) atoms. The van der Waals surface area contributed by atoms with Crippen molar-refractivity contribution in [3.63, 3.8) is 0 Å².